The number of halogens is 2. The van der Waals surface area contributed by atoms with Crippen molar-refractivity contribution in [2.24, 2.45) is 0 Å². The summed E-state index contributed by atoms with van der Waals surface area (Å²) in [5, 5.41) is 10.00. The van der Waals surface area contributed by atoms with Crippen molar-refractivity contribution in [2.75, 3.05) is 11.9 Å². The molecule has 0 bridgehead atoms. The number of nitrogens with one attached hydrogen (secondary N) is 1. The molecule has 5 heteroatoms. The lowest BCUT2D eigenvalue weighted by atomic mass is 10.0. The fourth-order valence-corrected chi connectivity index (χ4v) is 3.73. The standard InChI is InChI=1S/C20H19Cl2N3/c1-13-17(22)9-5-10-18(13)25-20-16(8-2-3-11-23-20)19(24-25)14-6-4-7-15(21)12-14/h4-7,9-10,12,23H,2-3,8,11H2,1H3. The van der Waals surface area contributed by atoms with Gasteiger partial charge in [0, 0.05) is 27.7 Å². The molecule has 0 radical (unpaired) electrons. The summed E-state index contributed by atoms with van der Waals surface area (Å²) in [5.74, 6) is 1.07. The molecule has 25 heavy (non-hydrogen) atoms. The summed E-state index contributed by atoms with van der Waals surface area (Å²) in [5.41, 5.74) is 5.32. The predicted octanol–water partition coefficient (Wildman–Crippen LogP) is 5.90. The number of aromatic nitrogens is 2. The fourth-order valence-electron chi connectivity index (χ4n) is 3.37. The molecule has 1 N–H and O–H groups in total. The van der Waals surface area contributed by atoms with E-state index in [1.165, 1.54) is 5.56 Å². The van der Waals surface area contributed by atoms with Gasteiger partial charge in [0.2, 0.25) is 0 Å². The van der Waals surface area contributed by atoms with Crippen molar-refractivity contribution in [3.8, 4) is 16.9 Å². The molecule has 1 aliphatic heterocycles. The fraction of sp³-hybridized carbons (Fsp3) is 0.250. The number of anilines is 1. The van der Waals surface area contributed by atoms with E-state index in [1.807, 2.05) is 41.9 Å². The first-order valence-corrected chi connectivity index (χ1v) is 9.28. The van der Waals surface area contributed by atoms with Crippen LogP contribution in [0.15, 0.2) is 42.5 Å². The molecule has 2 heterocycles. The lowest BCUT2D eigenvalue weighted by molar-refractivity contribution is 0.779. The van der Waals surface area contributed by atoms with Crippen LogP contribution < -0.4 is 5.32 Å². The second-order valence-electron chi connectivity index (χ2n) is 6.37. The molecule has 0 spiro atoms. The minimum Gasteiger partial charge on any atom is -0.370 e. The monoisotopic (exact) mass is 371 g/mol. The molecule has 3 nitrogen and oxygen atoms in total. The van der Waals surface area contributed by atoms with Crippen LogP contribution in [0.2, 0.25) is 10.0 Å². The van der Waals surface area contributed by atoms with Crippen LogP contribution in [-0.4, -0.2) is 16.3 Å². The van der Waals surface area contributed by atoms with Gasteiger partial charge in [-0.15, -0.1) is 0 Å². The molecule has 0 unspecified atom stereocenters. The maximum atomic E-state index is 6.34. The van der Waals surface area contributed by atoms with Crippen LogP contribution in [0.5, 0.6) is 0 Å². The zero-order chi connectivity index (χ0) is 17.4. The maximum Gasteiger partial charge on any atom is 0.133 e. The van der Waals surface area contributed by atoms with E-state index in [9.17, 15) is 0 Å². The molecule has 0 fully saturated rings. The number of rotatable bonds is 2. The Hall–Kier alpha value is -1.97. The van der Waals surface area contributed by atoms with E-state index in [1.54, 1.807) is 0 Å². The molecular formula is C20H19Cl2N3. The summed E-state index contributed by atoms with van der Waals surface area (Å²) >= 11 is 12.6. The van der Waals surface area contributed by atoms with Crippen LogP contribution in [-0.2, 0) is 6.42 Å². The molecule has 0 amide bonds. The summed E-state index contributed by atoms with van der Waals surface area (Å²) in [6.07, 6.45) is 3.30. The molecule has 1 aliphatic rings. The van der Waals surface area contributed by atoms with E-state index in [2.05, 4.69) is 17.4 Å². The Bertz CT molecular complexity index is 931. The summed E-state index contributed by atoms with van der Waals surface area (Å²) in [4.78, 5) is 0. The topological polar surface area (TPSA) is 29.9 Å². The van der Waals surface area contributed by atoms with E-state index in [0.717, 1.165) is 64.2 Å². The molecule has 2 aromatic carbocycles. The van der Waals surface area contributed by atoms with Gasteiger partial charge in [-0.3, -0.25) is 0 Å². The lowest BCUT2D eigenvalue weighted by Crippen LogP contribution is -2.08. The van der Waals surface area contributed by atoms with Gasteiger partial charge < -0.3 is 5.32 Å². The van der Waals surface area contributed by atoms with E-state index in [0.29, 0.717) is 0 Å². The normalized spacial score (nSPS) is 13.9. The first-order valence-electron chi connectivity index (χ1n) is 8.52. The highest BCUT2D eigenvalue weighted by atomic mass is 35.5. The molecule has 0 saturated carbocycles. The highest BCUT2D eigenvalue weighted by molar-refractivity contribution is 6.31. The largest absolute Gasteiger partial charge is 0.370 e. The van der Waals surface area contributed by atoms with Gasteiger partial charge in [-0.05, 0) is 56.0 Å². The minimum absolute atomic E-state index is 0.723. The van der Waals surface area contributed by atoms with Crippen LogP contribution in [0.1, 0.15) is 24.0 Å². The van der Waals surface area contributed by atoms with Gasteiger partial charge in [-0.1, -0.05) is 41.4 Å². The van der Waals surface area contributed by atoms with E-state index >= 15 is 0 Å². The van der Waals surface area contributed by atoms with Crippen molar-refractivity contribution in [1.29, 1.82) is 0 Å². The number of hydrogen-bond donors (Lipinski definition) is 1. The number of hydrogen-bond acceptors (Lipinski definition) is 2. The second-order valence-corrected chi connectivity index (χ2v) is 7.21. The van der Waals surface area contributed by atoms with Crippen molar-refractivity contribution in [2.45, 2.75) is 26.2 Å². The third kappa shape index (κ3) is 3.03. The van der Waals surface area contributed by atoms with Gasteiger partial charge in [0.1, 0.15) is 5.82 Å². The molecule has 4 rings (SSSR count). The van der Waals surface area contributed by atoms with Gasteiger partial charge in [0.25, 0.3) is 0 Å². The van der Waals surface area contributed by atoms with Crippen molar-refractivity contribution in [3.63, 3.8) is 0 Å². The van der Waals surface area contributed by atoms with E-state index in [4.69, 9.17) is 28.3 Å². The van der Waals surface area contributed by atoms with Gasteiger partial charge in [-0.2, -0.15) is 5.10 Å². The van der Waals surface area contributed by atoms with Crippen molar-refractivity contribution >= 4 is 29.0 Å². The summed E-state index contributed by atoms with van der Waals surface area (Å²) < 4.78 is 2.00. The Balaban J connectivity index is 1.95. The maximum absolute atomic E-state index is 6.34. The highest BCUT2D eigenvalue weighted by Crippen LogP contribution is 2.36. The molecule has 3 aromatic rings. The molecule has 1 aromatic heterocycles. The van der Waals surface area contributed by atoms with E-state index < -0.39 is 0 Å². The third-order valence-corrected chi connectivity index (χ3v) is 5.34. The van der Waals surface area contributed by atoms with Crippen molar-refractivity contribution in [3.05, 3.63) is 63.6 Å². The van der Waals surface area contributed by atoms with Crippen LogP contribution in [0, 0.1) is 6.92 Å². The third-order valence-electron chi connectivity index (χ3n) is 4.69. The summed E-state index contributed by atoms with van der Waals surface area (Å²) in [6, 6.07) is 13.8. The average Bonchev–Trinajstić information content (AvgIpc) is 2.79. The number of fused-ring (bicyclic) bond motifs is 1. The van der Waals surface area contributed by atoms with Crippen LogP contribution >= 0.6 is 23.2 Å². The smallest absolute Gasteiger partial charge is 0.133 e. The Kier molecular flexibility index (Phi) is 4.45. The summed E-state index contributed by atoms with van der Waals surface area (Å²) in [6.45, 7) is 2.98. The Morgan fingerprint density at radius 1 is 1.08 bits per heavy atom. The zero-order valence-corrected chi connectivity index (χ0v) is 15.5. The Morgan fingerprint density at radius 3 is 2.76 bits per heavy atom. The van der Waals surface area contributed by atoms with Crippen molar-refractivity contribution in [1.82, 2.24) is 9.78 Å². The zero-order valence-electron chi connectivity index (χ0n) is 14.0. The van der Waals surface area contributed by atoms with Crippen LogP contribution in [0.3, 0.4) is 0 Å². The number of nitrogens with zero attached hydrogens (tertiary/aromatic N) is 2. The van der Waals surface area contributed by atoms with Crippen LogP contribution in [0.4, 0.5) is 5.82 Å². The van der Waals surface area contributed by atoms with Crippen molar-refractivity contribution < 1.29 is 0 Å². The molecular weight excluding hydrogens is 353 g/mol. The van der Waals surface area contributed by atoms with Gasteiger partial charge in [0.15, 0.2) is 0 Å². The quantitative estimate of drug-likeness (QED) is 0.607. The van der Waals surface area contributed by atoms with Gasteiger partial charge in [0.05, 0.1) is 11.4 Å². The first kappa shape index (κ1) is 16.5. The Morgan fingerprint density at radius 2 is 1.92 bits per heavy atom. The molecule has 0 aliphatic carbocycles. The average molecular weight is 372 g/mol. The SMILES string of the molecule is Cc1c(Cl)cccc1-n1nc(-c2cccc(Cl)c2)c2c1NCCCC2. The number of benzene rings is 2. The van der Waals surface area contributed by atoms with Crippen LogP contribution in [0.25, 0.3) is 16.9 Å². The molecule has 0 atom stereocenters. The van der Waals surface area contributed by atoms with Gasteiger partial charge >= 0.3 is 0 Å². The van der Waals surface area contributed by atoms with E-state index in [-0.39, 0.29) is 0 Å². The minimum atomic E-state index is 0.723. The molecule has 0 saturated heterocycles. The highest BCUT2D eigenvalue weighted by Gasteiger charge is 2.22. The molecule has 128 valence electrons. The Labute approximate surface area is 157 Å². The summed E-state index contributed by atoms with van der Waals surface area (Å²) in [7, 11) is 0. The predicted molar refractivity (Wildman–Crippen MR) is 105 cm³/mol. The lowest BCUT2D eigenvalue weighted by Gasteiger charge is -2.12. The second kappa shape index (κ2) is 6.74. The first-order chi connectivity index (χ1) is 12.1. The van der Waals surface area contributed by atoms with Gasteiger partial charge in [-0.25, -0.2) is 4.68 Å².